The highest BCUT2D eigenvalue weighted by Gasteiger charge is 2.35. The van der Waals surface area contributed by atoms with Crippen molar-refractivity contribution in [3.8, 4) is 12.3 Å². The Morgan fingerprint density at radius 2 is 1.82 bits per heavy atom. The lowest BCUT2D eigenvalue weighted by Gasteiger charge is -2.38. The number of terminal acetylenes is 1. The Labute approximate surface area is 200 Å². The van der Waals surface area contributed by atoms with Crippen molar-refractivity contribution >= 4 is 11.7 Å². The van der Waals surface area contributed by atoms with Gasteiger partial charge in [-0.15, -0.1) is 6.42 Å². The minimum Gasteiger partial charge on any atom is -0.388 e. The molecule has 1 atom stereocenters. The number of aromatic nitrogens is 2. The van der Waals surface area contributed by atoms with E-state index in [9.17, 15) is 14.7 Å². The Kier molecular flexibility index (Phi) is 7.35. The van der Waals surface area contributed by atoms with Crippen LogP contribution in [-0.2, 0) is 11.3 Å². The van der Waals surface area contributed by atoms with Gasteiger partial charge in [-0.05, 0) is 25.5 Å². The van der Waals surface area contributed by atoms with Crippen LogP contribution in [0.1, 0.15) is 30.7 Å². The molecule has 2 fully saturated rings. The number of aliphatic hydroxyl groups is 1. The largest absolute Gasteiger partial charge is 0.388 e. The van der Waals surface area contributed by atoms with Crippen LogP contribution in [0.2, 0.25) is 0 Å². The van der Waals surface area contributed by atoms with E-state index in [1.165, 1.54) is 10.9 Å². The Balaban J connectivity index is 1.33. The van der Waals surface area contributed by atoms with Gasteiger partial charge in [-0.3, -0.25) is 14.2 Å². The van der Waals surface area contributed by atoms with Crippen molar-refractivity contribution in [2.24, 2.45) is 0 Å². The average molecular weight is 464 g/mol. The summed E-state index contributed by atoms with van der Waals surface area (Å²) in [6.07, 6.45) is 8.26. The molecule has 2 aromatic rings. The first kappa shape index (κ1) is 24.0. The molecule has 3 heterocycles. The first-order valence-corrected chi connectivity index (χ1v) is 11.9. The SMILES string of the molecule is C#C[C@H](CC(=O)N1CCC(O)(Cn2cnc(N3CCN(C)CC3)cc2=O)CC1)c1ccccc1. The molecule has 1 aromatic heterocycles. The Hall–Kier alpha value is -3.15. The van der Waals surface area contributed by atoms with Crippen LogP contribution >= 0.6 is 0 Å². The lowest BCUT2D eigenvalue weighted by atomic mass is 9.90. The van der Waals surface area contributed by atoms with E-state index in [4.69, 9.17) is 6.42 Å². The van der Waals surface area contributed by atoms with Crippen LogP contribution in [0.5, 0.6) is 0 Å². The van der Waals surface area contributed by atoms with Crippen LogP contribution in [-0.4, -0.2) is 82.3 Å². The van der Waals surface area contributed by atoms with E-state index >= 15 is 0 Å². The molecule has 4 rings (SSSR count). The van der Waals surface area contributed by atoms with Crippen LogP contribution in [0, 0.1) is 12.3 Å². The predicted octanol–water partition coefficient (Wildman–Crippen LogP) is 1.16. The second-order valence-electron chi connectivity index (χ2n) is 9.44. The number of rotatable bonds is 6. The van der Waals surface area contributed by atoms with Gasteiger partial charge in [0.1, 0.15) is 5.82 Å². The fraction of sp³-hybridized carbons (Fsp3) is 0.500. The third-order valence-electron chi connectivity index (χ3n) is 6.99. The maximum Gasteiger partial charge on any atom is 0.255 e. The number of hydrogen-bond donors (Lipinski definition) is 1. The molecule has 0 bridgehead atoms. The summed E-state index contributed by atoms with van der Waals surface area (Å²) in [6, 6.07) is 11.2. The zero-order valence-corrected chi connectivity index (χ0v) is 19.8. The molecule has 2 aliphatic rings. The highest BCUT2D eigenvalue weighted by molar-refractivity contribution is 5.77. The van der Waals surface area contributed by atoms with E-state index in [1.54, 1.807) is 11.0 Å². The molecule has 0 radical (unpaired) electrons. The topological polar surface area (TPSA) is 81.9 Å². The summed E-state index contributed by atoms with van der Waals surface area (Å²) in [5.74, 6) is 3.13. The summed E-state index contributed by atoms with van der Waals surface area (Å²) in [5, 5.41) is 11.1. The van der Waals surface area contributed by atoms with Crippen molar-refractivity contribution < 1.29 is 9.90 Å². The summed E-state index contributed by atoms with van der Waals surface area (Å²) in [5.41, 5.74) is -0.267. The molecule has 0 saturated carbocycles. The highest BCUT2D eigenvalue weighted by atomic mass is 16.3. The summed E-state index contributed by atoms with van der Waals surface area (Å²) in [6.45, 7) is 4.59. The van der Waals surface area contributed by atoms with Gasteiger partial charge in [0, 0.05) is 51.8 Å². The predicted molar refractivity (Wildman–Crippen MR) is 132 cm³/mol. The van der Waals surface area contributed by atoms with Crippen molar-refractivity contribution in [3.63, 3.8) is 0 Å². The zero-order valence-electron chi connectivity index (χ0n) is 19.8. The van der Waals surface area contributed by atoms with Gasteiger partial charge in [0.15, 0.2) is 0 Å². The van der Waals surface area contributed by atoms with Gasteiger partial charge in [0.05, 0.1) is 24.4 Å². The zero-order chi connectivity index (χ0) is 24.1. The normalized spacial score (nSPS) is 19.4. The van der Waals surface area contributed by atoms with E-state index < -0.39 is 5.60 Å². The molecule has 1 amide bonds. The Bertz CT molecular complexity index is 1080. The van der Waals surface area contributed by atoms with E-state index in [2.05, 4.69) is 27.8 Å². The molecule has 2 aliphatic heterocycles. The van der Waals surface area contributed by atoms with Crippen molar-refractivity contribution in [3.05, 3.63) is 58.6 Å². The van der Waals surface area contributed by atoms with Crippen LogP contribution in [0.4, 0.5) is 5.82 Å². The lowest BCUT2D eigenvalue weighted by molar-refractivity contribution is -0.136. The van der Waals surface area contributed by atoms with E-state index in [0.717, 1.165) is 31.7 Å². The third-order valence-corrected chi connectivity index (χ3v) is 6.99. The molecule has 1 aromatic carbocycles. The van der Waals surface area contributed by atoms with Crippen molar-refractivity contribution in [1.29, 1.82) is 0 Å². The second-order valence-corrected chi connectivity index (χ2v) is 9.44. The van der Waals surface area contributed by atoms with Crippen molar-refractivity contribution in [1.82, 2.24) is 19.4 Å². The molecule has 2 saturated heterocycles. The standard InChI is InChI=1S/C26H33N5O3/c1-3-21(22-7-5-4-6-8-22)17-24(32)30-11-9-26(34,10-12-30)19-31-20-27-23(18-25(31)33)29-15-13-28(2)14-16-29/h1,4-8,18,20-21,34H,9-17,19H2,2H3/t21-/m1/s1. The van der Waals surface area contributed by atoms with Crippen LogP contribution in [0.25, 0.3) is 0 Å². The number of piperidine rings is 1. The van der Waals surface area contributed by atoms with E-state index in [-0.39, 0.29) is 30.3 Å². The number of likely N-dealkylation sites (tertiary alicyclic amines) is 1. The lowest BCUT2D eigenvalue weighted by Crippen LogP contribution is -2.50. The van der Waals surface area contributed by atoms with Crippen molar-refractivity contribution in [2.75, 3.05) is 51.2 Å². The first-order chi connectivity index (χ1) is 16.4. The van der Waals surface area contributed by atoms with Gasteiger partial charge < -0.3 is 19.8 Å². The molecular formula is C26H33N5O3. The maximum absolute atomic E-state index is 12.8. The Morgan fingerprint density at radius 1 is 1.15 bits per heavy atom. The number of likely N-dealkylation sites (N-methyl/N-ethyl adjacent to an activating group) is 1. The molecule has 1 N–H and O–H groups in total. The molecule has 180 valence electrons. The number of benzene rings is 1. The molecule has 8 heteroatoms. The van der Waals surface area contributed by atoms with Gasteiger partial charge >= 0.3 is 0 Å². The smallest absolute Gasteiger partial charge is 0.255 e. The van der Waals surface area contributed by atoms with Gasteiger partial charge in [-0.2, -0.15) is 0 Å². The minimum absolute atomic E-state index is 0.00999. The monoisotopic (exact) mass is 463 g/mol. The number of carbonyl (C=O) groups is 1. The quantitative estimate of drug-likeness (QED) is 0.648. The van der Waals surface area contributed by atoms with Gasteiger partial charge in [-0.25, -0.2) is 4.98 Å². The fourth-order valence-electron chi connectivity index (χ4n) is 4.65. The first-order valence-electron chi connectivity index (χ1n) is 11.9. The molecule has 8 nitrogen and oxygen atoms in total. The van der Waals surface area contributed by atoms with Gasteiger partial charge in [0.2, 0.25) is 5.91 Å². The number of piperazine rings is 1. The van der Waals surface area contributed by atoms with Gasteiger partial charge in [0.25, 0.3) is 5.56 Å². The van der Waals surface area contributed by atoms with E-state index in [1.807, 2.05) is 30.3 Å². The highest BCUT2D eigenvalue weighted by Crippen LogP contribution is 2.26. The summed E-state index contributed by atoms with van der Waals surface area (Å²) < 4.78 is 1.47. The Morgan fingerprint density at radius 3 is 2.44 bits per heavy atom. The third kappa shape index (κ3) is 5.66. The number of carbonyl (C=O) groups excluding carboxylic acids is 1. The fourth-order valence-corrected chi connectivity index (χ4v) is 4.65. The molecular weight excluding hydrogens is 430 g/mol. The van der Waals surface area contributed by atoms with Crippen LogP contribution in [0.15, 0.2) is 47.5 Å². The van der Waals surface area contributed by atoms with Crippen molar-refractivity contribution in [2.45, 2.75) is 37.3 Å². The molecule has 0 spiro atoms. The summed E-state index contributed by atoms with van der Waals surface area (Å²) in [4.78, 5) is 36.2. The average Bonchev–Trinajstić information content (AvgIpc) is 2.85. The van der Waals surface area contributed by atoms with Crippen LogP contribution < -0.4 is 10.5 Å². The number of nitrogens with zero attached hydrogens (tertiary/aromatic N) is 5. The minimum atomic E-state index is -1.05. The number of anilines is 1. The van der Waals surface area contributed by atoms with E-state index in [0.29, 0.717) is 31.7 Å². The summed E-state index contributed by atoms with van der Waals surface area (Å²) >= 11 is 0. The molecule has 0 unspecified atom stereocenters. The number of hydrogen-bond acceptors (Lipinski definition) is 6. The van der Waals surface area contributed by atoms with Gasteiger partial charge in [-0.1, -0.05) is 36.3 Å². The maximum atomic E-state index is 12.8. The summed E-state index contributed by atoms with van der Waals surface area (Å²) in [7, 11) is 2.08. The van der Waals surface area contributed by atoms with Crippen LogP contribution in [0.3, 0.4) is 0 Å². The molecule has 34 heavy (non-hydrogen) atoms. The number of amides is 1. The second kappa shape index (κ2) is 10.4. The molecule has 0 aliphatic carbocycles.